The average molecular weight is 328 g/mol. The fraction of sp³-hybridized carbons (Fsp3) is 0.579. The minimum atomic E-state index is 0.179. The minimum absolute atomic E-state index is 0.179. The monoisotopic (exact) mass is 328 g/mol. The van der Waals surface area contributed by atoms with Crippen molar-refractivity contribution in [2.45, 2.75) is 45.6 Å². The van der Waals surface area contributed by atoms with Gasteiger partial charge in [0, 0.05) is 12.5 Å². The van der Waals surface area contributed by atoms with Gasteiger partial charge in [-0.2, -0.15) is 0 Å². The van der Waals surface area contributed by atoms with Crippen molar-refractivity contribution >= 4 is 16.9 Å². The molecule has 1 amide bonds. The molecule has 1 fully saturated rings. The van der Waals surface area contributed by atoms with Crippen molar-refractivity contribution in [2.24, 2.45) is 5.92 Å². The summed E-state index contributed by atoms with van der Waals surface area (Å²) in [7, 11) is 0. The molecule has 1 saturated heterocycles. The van der Waals surface area contributed by atoms with Gasteiger partial charge in [-0.15, -0.1) is 0 Å². The summed E-state index contributed by atoms with van der Waals surface area (Å²) in [5, 5.41) is 3.09. The number of nitrogens with one attached hydrogen (secondary N) is 2. The zero-order chi connectivity index (χ0) is 16.8. The molecule has 130 valence electrons. The standard InChI is InChI=1S/C19H28N4O/c1-2-3-6-11-20-19(24)15-9-12-23(13-10-15)14-18-21-16-7-4-5-8-17(16)22-18/h4-5,7-8,15H,2-3,6,9-14H2,1H3,(H,20,24)(H,21,22). The van der Waals surface area contributed by atoms with E-state index in [2.05, 4.69) is 33.2 Å². The second-order valence-electron chi connectivity index (χ2n) is 6.75. The Bertz CT molecular complexity index is 625. The van der Waals surface area contributed by atoms with Gasteiger partial charge >= 0.3 is 0 Å². The molecule has 0 unspecified atom stereocenters. The van der Waals surface area contributed by atoms with E-state index in [1.165, 1.54) is 12.8 Å². The molecule has 2 N–H and O–H groups in total. The summed E-state index contributed by atoms with van der Waals surface area (Å²) < 4.78 is 0. The first-order chi connectivity index (χ1) is 11.8. The smallest absolute Gasteiger partial charge is 0.223 e. The summed E-state index contributed by atoms with van der Waals surface area (Å²) in [5.41, 5.74) is 2.11. The van der Waals surface area contributed by atoms with Crippen LogP contribution in [0.25, 0.3) is 11.0 Å². The van der Waals surface area contributed by atoms with Crippen LogP contribution in [0.1, 0.15) is 44.9 Å². The molecule has 1 aliphatic heterocycles. The highest BCUT2D eigenvalue weighted by molar-refractivity contribution is 5.78. The summed E-state index contributed by atoms with van der Waals surface area (Å²) in [6.07, 6.45) is 5.36. The number of nitrogens with zero attached hydrogens (tertiary/aromatic N) is 2. The fourth-order valence-electron chi connectivity index (χ4n) is 3.38. The second-order valence-corrected chi connectivity index (χ2v) is 6.75. The molecule has 0 aliphatic carbocycles. The molecule has 24 heavy (non-hydrogen) atoms. The summed E-state index contributed by atoms with van der Waals surface area (Å²) >= 11 is 0. The van der Waals surface area contributed by atoms with Gasteiger partial charge in [0.1, 0.15) is 5.82 Å². The van der Waals surface area contributed by atoms with Crippen molar-refractivity contribution in [1.29, 1.82) is 0 Å². The van der Waals surface area contributed by atoms with Crippen LogP contribution < -0.4 is 5.32 Å². The molecule has 1 aliphatic rings. The van der Waals surface area contributed by atoms with Gasteiger partial charge in [-0.25, -0.2) is 4.98 Å². The van der Waals surface area contributed by atoms with Crippen molar-refractivity contribution < 1.29 is 4.79 Å². The molecule has 2 heterocycles. The van der Waals surface area contributed by atoms with E-state index in [0.29, 0.717) is 0 Å². The normalized spacial score (nSPS) is 16.5. The van der Waals surface area contributed by atoms with Gasteiger partial charge < -0.3 is 10.3 Å². The van der Waals surface area contributed by atoms with Crippen molar-refractivity contribution in [3.8, 4) is 0 Å². The van der Waals surface area contributed by atoms with Crippen LogP contribution in [-0.2, 0) is 11.3 Å². The van der Waals surface area contributed by atoms with E-state index in [0.717, 1.165) is 62.3 Å². The van der Waals surface area contributed by atoms with Gasteiger partial charge in [-0.3, -0.25) is 9.69 Å². The number of likely N-dealkylation sites (tertiary alicyclic amines) is 1. The molecule has 0 radical (unpaired) electrons. The number of imidazole rings is 1. The summed E-state index contributed by atoms with van der Waals surface area (Å²) in [6.45, 7) is 5.76. The Labute approximate surface area is 143 Å². The Hall–Kier alpha value is -1.88. The number of aromatic nitrogens is 2. The van der Waals surface area contributed by atoms with Crippen molar-refractivity contribution in [3.05, 3.63) is 30.1 Å². The number of hydrogen-bond acceptors (Lipinski definition) is 3. The molecule has 1 aromatic carbocycles. The van der Waals surface area contributed by atoms with Crippen LogP contribution in [0.15, 0.2) is 24.3 Å². The molecular formula is C19H28N4O. The van der Waals surface area contributed by atoms with Crippen molar-refractivity contribution in [3.63, 3.8) is 0 Å². The topological polar surface area (TPSA) is 61.0 Å². The quantitative estimate of drug-likeness (QED) is 0.768. The van der Waals surface area contributed by atoms with Crippen molar-refractivity contribution in [1.82, 2.24) is 20.2 Å². The van der Waals surface area contributed by atoms with E-state index in [1.54, 1.807) is 0 Å². The largest absolute Gasteiger partial charge is 0.356 e. The zero-order valence-corrected chi connectivity index (χ0v) is 14.6. The first-order valence-electron chi connectivity index (χ1n) is 9.20. The molecule has 0 saturated carbocycles. The summed E-state index contributed by atoms with van der Waals surface area (Å²) in [6, 6.07) is 8.12. The molecule has 3 rings (SSSR count). The lowest BCUT2D eigenvalue weighted by atomic mass is 9.96. The number of fused-ring (bicyclic) bond motifs is 1. The number of rotatable bonds is 7. The zero-order valence-electron chi connectivity index (χ0n) is 14.6. The average Bonchev–Trinajstić information content (AvgIpc) is 3.01. The molecule has 5 nitrogen and oxygen atoms in total. The third-order valence-corrected chi connectivity index (χ3v) is 4.85. The number of carbonyl (C=O) groups is 1. The Morgan fingerprint density at radius 2 is 2.08 bits per heavy atom. The molecule has 5 heteroatoms. The Balaban J connectivity index is 1.44. The lowest BCUT2D eigenvalue weighted by molar-refractivity contribution is -0.126. The van der Waals surface area contributed by atoms with E-state index < -0.39 is 0 Å². The lowest BCUT2D eigenvalue weighted by Crippen LogP contribution is -2.40. The van der Waals surface area contributed by atoms with Crippen LogP contribution in [0.5, 0.6) is 0 Å². The maximum absolute atomic E-state index is 12.2. The first-order valence-corrected chi connectivity index (χ1v) is 9.20. The number of aromatic amines is 1. The van der Waals surface area contributed by atoms with Crippen LogP contribution in [0, 0.1) is 5.92 Å². The molecule has 0 atom stereocenters. The number of amides is 1. The Morgan fingerprint density at radius 1 is 1.29 bits per heavy atom. The van der Waals surface area contributed by atoms with Gasteiger partial charge in [0.2, 0.25) is 5.91 Å². The number of carbonyl (C=O) groups excluding carboxylic acids is 1. The van der Waals surface area contributed by atoms with Crippen LogP contribution in [0.2, 0.25) is 0 Å². The fourth-order valence-corrected chi connectivity index (χ4v) is 3.38. The van der Waals surface area contributed by atoms with Gasteiger partial charge in [0.05, 0.1) is 17.6 Å². The SMILES string of the molecule is CCCCCNC(=O)C1CCN(Cc2nc3ccccc3[nH]2)CC1. The Kier molecular flexibility index (Phi) is 5.86. The van der Waals surface area contributed by atoms with E-state index in [9.17, 15) is 4.79 Å². The Morgan fingerprint density at radius 3 is 2.83 bits per heavy atom. The predicted octanol–water partition coefficient (Wildman–Crippen LogP) is 3.08. The maximum Gasteiger partial charge on any atom is 0.223 e. The third-order valence-electron chi connectivity index (χ3n) is 4.85. The van der Waals surface area contributed by atoms with E-state index >= 15 is 0 Å². The first kappa shape index (κ1) is 17.0. The van der Waals surface area contributed by atoms with Gasteiger partial charge in [0.15, 0.2) is 0 Å². The van der Waals surface area contributed by atoms with Gasteiger partial charge in [-0.1, -0.05) is 31.9 Å². The van der Waals surface area contributed by atoms with Gasteiger partial charge in [0.25, 0.3) is 0 Å². The van der Waals surface area contributed by atoms with Crippen LogP contribution in [0.4, 0.5) is 0 Å². The van der Waals surface area contributed by atoms with E-state index in [1.807, 2.05) is 18.2 Å². The molecular weight excluding hydrogens is 300 g/mol. The highest BCUT2D eigenvalue weighted by Crippen LogP contribution is 2.19. The molecule has 2 aromatic rings. The van der Waals surface area contributed by atoms with E-state index in [-0.39, 0.29) is 11.8 Å². The lowest BCUT2D eigenvalue weighted by Gasteiger charge is -2.30. The number of H-pyrrole nitrogens is 1. The molecule has 1 aromatic heterocycles. The summed E-state index contributed by atoms with van der Waals surface area (Å²) in [5.74, 6) is 1.44. The molecule has 0 spiro atoms. The number of para-hydroxylation sites is 2. The third kappa shape index (κ3) is 4.35. The van der Waals surface area contributed by atoms with Crippen LogP contribution in [-0.4, -0.2) is 40.4 Å². The molecule has 0 bridgehead atoms. The van der Waals surface area contributed by atoms with Crippen LogP contribution >= 0.6 is 0 Å². The van der Waals surface area contributed by atoms with Gasteiger partial charge in [-0.05, 0) is 44.5 Å². The second kappa shape index (κ2) is 8.29. The predicted molar refractivity (Wildman–Crippen MR) is 96.6 cm³/mol. The number of piperidine rings is 1. The minimum Gasteiger partial charge on any atom is -0.356 e. The highest BCUT2D eigenvalue weighted by Gasteiger charge is 2.25. The number of benzene rings is 1. The van der Waals surface area contributed by atoms with E-state index in [4.69, 9.17) is 0 Å². The maximum atomic E-state index is 12.2. The number of unbranched alkanes of at least 4 members (excludes halogenated alkanes) is 2. The van der Waals surface area contributed by atoms with Crippen LogP contribution in [0.3, 0.4) is 0 Å². The summed E-state index contributed by atoms with van der Waals surface area (Å²) in [4.78, 5) is 22.6. The highest BCUT2D eigenvalue weighted by atomic mass is 16.1. The van der Waals surface area contributed by atoms with Crippen molar-refractivity contribution in [2.75, 3.05) is 19.6 Å². The number of hydrogen-bond donors (Lipinski definition) is 2.